The van der Waals surface area contributed by atoms with E-state index in [0.29, 0.717) is 0 Å². The molecule has 3 nitrogen and oxygen atoms in total. The molecule has 1 unspecified atom stereocenters. The average molecular weight is 673 g/mol. The van der Waals surface area contributed by atoms with E-state index < -0.39 is 14.2 Å². The van der Waals surface area contributed by atoms with E-state index in [1.807, 2.05) is 0 Å². The predicted octanol–water partition coefficient (Wildman–Crippen LogP) is 8.59. The lowest BCUT2D eigenvalue weighted by molar-refractivity contribution is 0.436. The monoisotopic (exact) mass is 672 g/mol. The first-order valence-electron chi connectivity index (χ1n) is 17.9. The standard InChI is InChI=1S/C47H36N2OSi/c1-51(2)34-26-23-31(24-27-34)30-19-21-32(22-20-30)46-48-42-16-8-4-12-36(42)45(49-46)33-25-28-39-37(29-33)35-11-3-5-13-38(35)47(39)40-14-6-9-17-43(40)50-44-18-10-7-15-41(44)47/h3-29,46,49,51H,1-2H3. The van der Waals surface area contributed by atoms with Gasteiger partial charge in [-0.2, -0.15) is 0 Å². The van der Waals surface area contributed by atoms with E-state index in [0.717, 1.165) is 38.9 Å². The van der Waals surface area contributed by atoms with Crippen LogP contribution in [0.15, 0.2) is 169 Å². The van der Waals surface area contributed by atoms with Crippen LogP contribution < -0.4 is 25.8 Å². The number of benzene rings is 7. The molecule has 0 saturated heterocycles. The van der Waals surface area contributed by atoms with Crippen molar-refractivity contribution in [1.29, 1.82) is 0 Å². The molecule has 2 heterocycles. The summed E-state index contributed by atoms with van der Waals surface area (Å²) in [5.74, 6) is 1.81. The molecular weight excluding hydrogens is 637 g/mol. The number of fused-ring (bicyclic) bond motifs is 10. The van der Waals surface area contributed by atoms with E-state index in [4.69, 9.17) is 9.73 Å². The summed E-state index contributed by atoms with van der Waals surface area (Å²) >= 11 is 0. The molecule has 7 aromatic rings. The third kappa shape index (κ3) is 4.53. The molecule has 10 rings (SSSR count). The quantitative estimate of drug-likeness (QED) is 0.190. The number of hydrogen-bond acceptors (Lipinski definition) is 3. The molecule has 2 aliphatic heterocycles. The second-order valence-corrected chi connectivity index (χ2v) is 17.1. The Labute approximate surface area is 299 Å². The first kappa shape index (κ1) is 29.9. The highest BCUT2D eigenvalue weighted by Crippen LogP contribution is 2.62. The number of para-hydroxylation sites is 3. The van der Waals surface area contributed by atoms with Gasteiger partial charge in [0.25, 0.3) is 0 Å². The van der Waals surface area contributed by atoms with Gasteiger partial charge in [0.05, 0.1) is 25.3 Å². The van der Waals surface area contributed by atoms with E-state index in [1.54, 1.807) is 0 Å². The van der Waals surface area contributed by atoms with Crippen molar-refractivity contribution in [1.82, 2.24) is 5.32 Å². The van der Waals surface area contributed by atoms with Gasteiger partial charge in [-0.25, -0.2) is 0 Å². The Hall–Kier alpha value is -5.97. The third-order valence-electron chi connectivity index (χ3n) is 11.0. The minimum atomic E-state index is -0.816. The van der Waals surface area contributed by atoms with Crippen LogP contribution in [0.2, 0.25) is 13.1 Å². The maximum atomic E-state index is 6.53. The molecule has 0 fully saturated rings. The van der Waals surface area contributed by atoms with E-state index in [-0.39, 0.29) is 6.17 Å². The topological polar surface area (TPSA) is 33.6 Å². The van der Waals surface area contributed by atoms with E-state index in [1.165, 1.54) is 49.7 Å². The summed E-state index contributed by atoms with van der Waals surface area (Å²) in [6, 6.07) is 59.5. The Kier molecular flexibility index (Phi) is 6.77. The number of nitrogens with one attached hydrogen (secondary N) is 1. The van der Waals surface area contributed by atoms with E-state index >= 15 is 0 Å². The molecule has 0 aromatic heterocycles. The molecule has 0 radical (unpaired) electrons. The van der Waals surface area contributed by atoms with Crippen molar-refractivity contribution >= 4 is 19.7 Å². The second-order valence-electron chi connectivity index (χ2n) is 14.1. The van der Waals surface area contributed by atoms with Crippen LogP contribution in [0.4, 0.5) is 0 Å². The lowest BCUT2D eigenvalue weighted by Crippen LogP contribution is -2.39. The molecule has 0 saturated carbocycles. The number of hydrogen-bond donors (Lipinski definition) is 1. The summed E-state index contributed by atoms with van der Waals surface area (Å²) in [7, 11) is -0.816. The second kappa shape index (κ2) is 11.5. The van der Waals surface area contributed by atoms with Crippen molar-refractivity contribution < 1.29 is 4.74 Å². The fraction of sp³-hybridized carbons (Fsp3) is 0.0851. The average Bonchev–Trinajstić information content (AvgIpc) is 3.47. The fourth-order valence-corrected chi connectivity index (χ4v) is 9.48. The van der Waals surface area contributed by atoms with Crippen LogP contribution in [-0.4, -0.2) is 8.80 Å². The van der Waals surface area contributed by atoms with Crippen LogP contribution in [0.1, 0.15) is 39.5 Å². The molecule has 51 heavy (non-hydrogen) atoms. The summed E-state index contributed by atoms with van der Waals surface area (Å²) in [5, 5.41) is 7.48. The Morgan fingerprint density at radius 3 is 1.82 bits per heavy atom. The Bertz CT molecular complexity index is 2580. The molecule has 7 aromatic carbocycles. The molecule has 244 valence electrons. The number of ether oxygens (including phenoxy) is 1. The van der Waals surface area contributed by atoms with E-state index in [2.05, 4.69) is 182 Å². The molecule has 1 atom stereocenters. The Balaban J connectivity index is 1.09. The van der Waals surface area contributed by atoms with Gasteiger partial charge in [-0.3, -0.25) is 4.99 Å². The summed E-state index contributed by atoms with van der Waals surface area (Å²) in [5.41, 5.74) is 12.8. The lowest BCUT2D eigenvalue weighted by Gasteiger charge is -2.39. The predicted molar refractivity (Wildman–Crippen MR) is 210 cm³/mol. The first-order valence-corrected chi connectivity index (χ1v) is 20.7. The summed E-state index contributed by atoms with van der Waals surface area (Å²) in [6.07, 6.45) is -0.209. The van der Waals surface area contributed by atoms with Crippen molar-refractivity contribution in [2.45, 2.75) is 24.7 Å². The van der Waals surface area contributed by atoms with E-state index in [9.17, 15) is 0 Å². The molecule has 0 bridgehead atoms. The van der Waals surface area contributed by atoms with Crippen molar-refractivity contribution in [3.8, 4) is 33.8 Å². The molecule has 1 spiro atoms. The smallest absolute Gasteiger partial charge is 0.145 e. The zero-order chi connectivity index (χ0) is 34.1. The minimum absolute atomic E-state index is 0.209. The Morgan fingerprint density at radius 2 is 1.12 bits per heavy atom. The van der Waals surface area contributed by atoms with Crippen LogP contribution in [0.5, 0.6) is 11.5 Å². The molecule has 4 heteroatoms. The first-order chi connectivity index (χ1) is 25.1. The van der Waals surface area contributed by atoms with Gasteiger partial charge in [-0.15, -0.1) is 0 Å². The summed E-state index contributed by atoms with van der Waals surface area (Å²) < 4.78 is 6.53. The van der Waals surface area contributed by atoms with Gasteiger partial charge in [-0.05, 0) is 68.8 Å². The van der Waals surface area contributed by atoms with Crippen LogP contribution >= 0.6 is 0 Å². The van der Waals surface area contributed by atoms with Gasteiger partial charge in [0, 0.05) is 16.3 Å². The van der Waals surface area contributed by atoms with Gasteiger partial charge in [0.1, 0.15) is 17.7 Å². The maximum absolute atomic E-state index is 6.53. The summed E-state index contributed by atoms with van der Waals surface area (Å²) in [6.45, 7) is 4.74. The van der Waals surface area contributed by atoms with Crippen molar-refractivity contribution in [2.24, 2.45) is 4.99 Å². The molecule has 3 aliphatic rings. The van der Waals surface area contributed by atoms with Crippen LogP contribution in [-0.2, 0) is 5.41 Å². The highest BCUT2D eigenvalue weighted by Gasteiger charge is 2.51. The van der Waals surface area contributed by atoms with Crippen LogP contribution in [0.25, 0.3) is 28.0 Å². The number of nitrogens with zero attached hydrogens (tertiary/aromatic N) is 1. The highest BCUT2D eigenvalue weighted by atomic mass is 28.3. The van der Waals surface area contributed by atoms with Gasteiger partial charge in [-0.1, -0.05) is 158 Å². The maximum Gasteiger partial charge on any atom is 0.145 e. The largest absolute Gasteiger partial charge is 0.457 e. The van der Waals surface area contributed by atoms with Gasteiger partial charge in [0.15, 0.2) is 0 Å². The van der Waals surface area contributed by atoms with Gasteiger partial charge < -0.3 is 10.1 Å². The molecule has 0 amide bonds. The zero-order valence-electron chi connectivity index (χ0n) is 28.6. The number of rotatable bonds is 4. The highest BCUT2D eigenvalue weighted by molar-refractivity contribution is 6.70. The normalized spacial score (nSPS) is 15.8. The molecule has 1 aliphatic carbocycles. The van der Waals surface area contributed by atoms with Crippen LogP contribution in [0, 0.1) is 0 Å². The van der Waals surface area contributed by atoms with Gasteiger partial charge in [0.2, 0.25) is 0 Å². The Morgan fingerprint density at radius 1 is 0.549 bits per heavy atom. The fourth-order valence-electron chi connectivity index (χ4n) is 8.51. The van der Waals surface area contributed by atoms with Crippen molar-refractivity contribution in [2.75, 3.05) is 0 Å². The van der Waals surface area contributed by atoms with Crippen molar-refractivity contribution in [3.05, 3.63) is 208 Å². The van der Waals surface area contributed by atoms with Gasteiger partial charge >= 0.3 is 0 Å². The summed E-state index contributed by atoms with van der Waals surface area (Å²) in [4.78, 5) is 5.21. The minimum Gasteiger partial charge on any atom is -0.457 e. The SMILES string of the molecule is C[SiH](C)c1ccc(-c2ccc(C3N=c4ccccc4=C(c4ccc5c(c4)-c4ccccc4C54c5ccccc5Oc5ccccc54)N3)cc2)cc1. The molecular formula is C47H36N2OSi. The zero-order valence-corrected chi connectivity index (χ0v) is 29.8. The van der Waals surface area contributed by atoms with Crippen molar-refractivity contribution in [3.63, 3.8) is 0 Å². The van der Waals surface area contributed by atoms with Crippen LogP contribution in [0.3, 0.4) is 0 Å². The third-order valence-corrected chi connectivity index (χ3v) is 12.7. The molecule has 1 N–H and O–H groups in total. The lowest BCUT2D eigenvalue weighted by atomic mass is 9.66.